The van der Waals surface area contributed by atoms with Crippen LogP contribution in [0.15, 0.2) is 229 Å². The van der Waals surface area contributed by atoms with Crippen LogP contribution in [0.2, 0.25) is 0 Å². The summed E-state index contributed by atoms with van der Waals surface area (Å²) in [5.74, 6) is 0. The lowest BCUT2D eigenvalue weighted by Crippen LogP contribution is -2.29. The predicted molar refractivity (Wildman–Crippen MR) is 262 cm³/mol. The number of hydrogen-bond donors (Lipinski definition) is 0. The van der Waals surface area contributed by atoms with E-state index < -0.39 is 5.41 Å². The molecule has 2 heterocycles. The van der Waals surface area contributed by atoms with Gasteiger partial charge in [-0.25, -0.2) is 0 Å². The molecule has 0 aliphatic heterocycles. The predicted octanol–water partition coefficient (Wildman–Crippen LogP) is 16.6. The molecule has 3 heteroatoms. The van der Waals surface area contributed by atoms with Gasteiger partial charge in [-0.15, -0.1) is 11.3 Å². The lowest BCUT2D eigenvalue weighted by molar-refractivity contribution is 0.673. The molecule has 1 aliphatic rings. The van der Waals surface area contributed by atoms with Gasteiger partial charge in [0, 0.05) is 47.7 Å². The standard InChI is InChI=1S/C59H37NOS/c1-3-18-40(19-4-1)59(41-20-5-2-6-21-41)52-29-11-9-24-46(52)48-27-14-26-44(56(48)59)39-17-13-22-42(36-39)60(43-33-35-55-51(37-43)47-25-10-12-31-54(47)62-55)53-30-15-28-49-50-34-32-38-16-7-8-23-45(38)57(50)61-58(49)53/h1-37H. The van der Waals surface area contributed by atoms with Crippen molar-refractivity contribution in [2.45, 2.75) is 5.41 Å². The van der Waals surface area contributed by atoms with E-state index in [2.05, 4.69) is 229 Å². The Labute approximate surface area is 363 Å². The molecule has 62 heavy (non-hydrogen) atoms. The molecule has 0 fully saturated rings. The molecule has 1 aliphatic carbocycles. The van der Waals surface area contributed by atoms with Gasteiger partial charge in [0.2, 0.25) is 0 Å². The van der Waals surface area contributed by atoms with E-state index in [1.165, 1.54) is 64.5 Å². The Kier molecular flexibility index (Phi) is 7.72. The highest BCUT2D eigenvalue weighted by atomic mass is 32.1. The van der Waals surface area contributed by atoms with Crippen molar-refractivity contribution in [3.05, 3.63) is 247 Å². The number of rotatable bonds is 6. The Bertz CT molecular complexity index is 3670. The molecule has 2 nitrogen and oxygen atoms in total. The number of thiophene rings is 1. The number of nitrogens with zero attached hydrogens (tertiary/aromatic N) is 1. The molecule has 0 unspecified atom stereocenters. The molecule has 0 atom stereocenters. The normalized spacial score (nSPS) is 13.0. The maximum Gasteiger partial charge on any atom is 0.159 e. The van der Waals surface area contributed by atoms with E-state index in [4.69, 9.17) is 4.42 Å². The van der Waals surface area contributed by atoms with Gasteiger partial charge in [-0.1, -0.05) is 176 Å². The molecule has 12 aromatic rings. The molecule has 0 amide bonds. The Balaban J connectivity index is 1.08. The summed E-state index contributed by atoms with van der Waals surface area (Å²) in [6.07, 6.45) is 0. The topological polar surface area (TPSA) is 16.4 Å². The Morgan fingerprint density at radius 1 is 0.387 bits per heavy atom. The first-order valence-corrected chi connectivity index (χ1v) is 22.1. The first-order chi connectivity index (χ1) is 30.8. The summed E-state index contributed by atoms with van der Waals surface area (Å²) >= 11 is 1.85. The summed E-state index contributed by atoms with van der Waals surface area (Å²) in [5.41, 5.74) is 14.4. The maximum absolute atomic E-state index is 7.06. The summed E-state index contributed by atoms with van der Waals surface area (Å²) in [5, 5.41) is 7.02. The van der Waals surface area contributed by atoms with E-state index in [0.29, 0.717) is 0 Å². The van der Waals surface area contributed by atoms with Crippen molar-refractivity contribution in [3.63, 3.8) is 0 Å². The van der Waals surface area contributed by atoms with Gasteiger partial charge in [-0.3, -0.25) is 0 Å². The Morgan fingerprint density at radius 3 is 1.87 bits per heavy atom. The first kappa shape index (κ1) is 35.1. The fraction of sp³-hybridized carbons (Fsp3) is 0.0169. The van der Waals surface area contributed by atoms with Crippen molar-refractivity contribution >= 4 is 81.3 Å². The molecule has 0 saturated carbocycles. The minimum atomic E-state index is -0.533. The number of para-hydroxylation sites is 1. The van der Waals surface area contributed by atoms with Crippen LogP contribution >= 0.6 is 11.3 Å². The molecule has 0 N–H and O–H groups in total. The fourth-order valence-corrected chi connectivity index (χ4v) is 11.6. The lowest BCUT2D eigenvalue weighted by atomic mass is 9.66. The van der Waals surface area contributed by atoms with Crippen LogP contribution in [0, 0.1) is 0 Å². The van der Waals surface area contributed by atoms with E-state index in [0.717, 1.165) is 50.0 Å². The number of anilines is 3. The van der Waals surface area contributed by atoms with Crippen LogP contribution in [0.4, 0.5) is 17.1 Å². The van der Waals surface area contributed by atoms with Crippen molar-refractivity contribution in [1.82, 2.24) is 0 Å². The van der Waals surface area contributed by atoms with Crippen LogP contribution in [0.25, 0.3) is 75.1 Å². The lowest BCUT2D eigenvalue weighted by Gasteiger charge is -2.35. The number of furan rings is 1. The van der Waals surface area contributed by atoms with Gasteiger partial charge in [0.25, 0.3) is 0 Å². The van der Waals surface area contributed by atoms with Gasteiger partial charge in [0.15, 0.2) is 5.58 Å². The molecule has 0 spiro atoms. The fourth-order valence-electron chi connectivity index (χ4n) is 10.5. The monoisotopic (exact) mass is 807 g/mol. The van der Waals surface area contributed by atoms with Crippen molar-refractivity contribution in [2.75, 3.05) is 4.90 Å². The largest absolute Gasteiger partial charge is 0.453 e. The van der Waals surface area contributed by atoms with Gasteiger partial charge >= 0.3 is 0 Å². The second-order valence-electron chi connectivity index (χ2n) is 16.3. The van der Waals surface area contributed by atoms with Crippen LogP contribution in [0.5, 0.6) is 0 Å². The van der Waals surface area contributed by atoms with Crippen LogP contribution in [-0.4, -0.2) is 0 Å². The summed E-state index contributed by atoms with van der Waals surface area (Å²) < 4.78 is 9.62. The van der Waals surface area contributed by atoms with Gasteiger partial charge in [0.1, 0.15) is 5.58 Å². The summed E-state index contributed by atoms with van der Waals surface area (Å²) in [6.45, 7) is 0. The van der Waals surface area contributed by atoms with Crippen LogP contribution in [0.3, 0.4) is 0 Å². The number of benzene rings is 10. The zero-order valence-electron chi connectivity index (χ0n) is 33.6. The minimum Gasteiger partial charge on any atom is -0.453 e. The second-order valence-corrected chi connectivity index (χ2v) is 17.4. The van der Waals surface area contributed by atoms with Gasteiger partial charge in [-0.2, -0.15) is 0 Å². The van der Waals surface area contributed by atoms with Crippen LogP contribution < -0.4 is 4.90 Å². The van der Waals surface area contributed by atoms with Crippen LogP contribution in [-0.2, 0) is 5.41 Å². The zero-order chi connectivity index (χ0) is 40.8. The first-order valence-electron chi connectivity index (χ1n) is 21.2. The highest BCUT2D eigenvalue weighted by Gasteiger charge is 2.47. The van der Waals surface area contributed by atoms with E-state index in [9.17, 15) is 0 Å². The average molecular weight is 808 g/mol. The van der Waals surface area contributed by atoms with Crippen molar-refractivity contribution in [1.29, 1.82) is 0 Å². The second kappa shape index (κ2) is 13.7. The third-order valence-electron chi connectivity index (χ3n) is 13.1. The maximum atomic E-state index is 7.06. The highest BCUT2D eigenvalue weighted by Crippen LogP contribution is 2.59. The summed E-state index contributed by atoms with van der Waals surface area (Å²) in [6, 6.07) is 82.3. The quantitative estimate of drug-likeness (QED) is 0.166. The molecule has 0 radical (unpaired) electrons. The summed E-state index contributed by atoms with van der Waals surface area (Å²) in [4.78, 5) is 2.40. The number of hydrogen-bond acceptors (Lipinski definition) is 3. The molecular formula is C59H37NOS. The molecule has 290 valence electrons. The molecule has 0 saturated heterocycles. The van der Waals surface area contributed by atoms with Crippen molar-refractivity contribution in [3.8, 4) is 22.3 Å². The molecule has 13 rings (SSSR count). The highest BCUT2D eigenvalue weighted by molar-refractivity contribution is 7.25. The smallest absolute Gasteiger partial charge is 0.159 e. The number of fused-ring (bicyclic) bond motifs is 11. The van der Waals surface area contributed by atoms with Gasteiger partial charge in [0.05, 0.1) is 11.1 Å². The Hall–Kier alpha value is -7.72. The van der Waals surface area contributed by atoms with E-state index >= 15 is 0 Å². The van der Waals surface area contributed by atoms with Crippen molar-refractivity contribution in [2.24, 2.45) is 0 Å². The van der Waals surface area contributed by atoms with Crippen LogP contribution in [0.1, 0.15) is 22.3 Å². The third kappa shape index (κ3) is 5.03. The molecular weight excluding hydrogens is 771 g/mol. The SMILES string of the molecule is c1ccc(C2(c3ccccc3)c3ccccc3-c3cccc(-c4cccc(N(c5ccc6sc7ccccc7c6c5)c5cccc6c5oc5c7ccccc7ccc65)c4)c32)cc1. The van der Waals surface area contributed by atoms with Gasteiger partial charge < -0.3 is 9.32 Å². The molecule has 10 aromatic carbocycles. The third-order valence-corrected chi connectivity index (χ3v) is 14.3. The zero-order valence-corrected chi connectivity index (χ0v) is 34.4. The molecule has 0 bridgehead atoms. The molecule has 2 aromatic heterocycles. The average Bonchev–Trinajstić information content (AvgIpc) is 4.01. The Morgan fingerprint density at radius 2 is 1.02 bits per heavy atom. The van der Waals surface area contributed by atoms with Gasteiger partial charge in [-0.05, 0) is 98.4 Å². The van der Waals surface area contributed by atoms with E-state index in [1.807, 2.05) is 11.3 Å². The summed E-state index contributed by atoms with van der Waals surface area (Å²) in [7, 11) is 0. The van der Waals surface area contributed by atoms with E-state index in [-0.39, 0.29) is 0 Å². The van der Waals surface area contributed by atoms with E-state index in [1.54, 1.807) is 0 Å². The minimum absolute atomic E-state index is 0.533. The van der Waals surface area contributed by atoms with Crippen molar-refractivity contribution < 1.29 is 4.42 Å².